The monoisotopic (exact) mass is 320 g/mol. The minimum atomic E-state index is -1.38. The molecule has 2 heterocycles. The molecule has 112 valence electrons. The quantitative estimate of drug-likeness (QED) is 0.757. The molecule has 0 saturated heterocycles. The van der Waals surface area contributed by atoms with Gasteiger partial charge in [-0.3, -0.25) is 4.68 Å². The number of aromatic carboxylic acids is 1. The van der Waals surface area contributed by atoms with Crippen molar-refractivity contribution in [3.8, 4) is 11.3 Å². The molecular formula is C14H10ClFN4O2. The Morgan fingerprint density at radius 1 is 1.45 bits per heavy atom. The molecule has 3 rings (SSSR count). The summed E-state index contributed by atoms with van der Waals surface area (Å²) in [5.74, 6) is -2.23. The summed E-state index contributed by atoms with van der Waals surface area (Å²) in [5.41, 5.74) is 5.61. The summed E-state index contributed by atoms with van der Waals surface area (Å²) in [7, 11) is 1.74. The van der Waals surface area contributed by atoms with Gasteiger partial charge in [0.05, 0.1) is 22.4 Å². The molecule has 0 unspecified atom stereocenters. The Balaban J connectivity index is 2.29. The average Bonchev–Trinajstić information content (AvgIpc) is 2.86. The second-order valence-electron chi connectivity index (χ2n) is 4.70. The van der Waals surface area contributed by atoms with Gasteiger partial charge in [-0.1, -0.05) is 23.7 Å². The fourth-order valence-corrected chi connectivity index (χ4v) is 2.39. The second-order valence-corrected chi connectivity index (χ2v) is 5.08. The Bertz CT molecular complexity index is 923. The van der Waals surface area contributed by atoms with E-state index in [9.17, 15) is 9.18 Å². The molecule has 0 spiro atoms. The SMILES string of the molecule is Cn1ncc2ccc(-c3nc(C(=O)O)c(Cl)c(N)c3F)cc21. The van der Waals surface area contributed by atoms with Crippen molar-refractivity contribution in [2.24, 2.45) is 7.05 Å². The van der Waals surface area contributed by atoms with E-state index in [1.807, 2.05) is 0 Å². The predicted molar refractivity (Wildman–Crippen MR) is 80.3 cm³/mol. The Kier molecular flexibility index (Phi) is 3.22. The van der Waals surface area contributed by atoms with E-state index in [1.54, 1.807) is 36.1 Å². The van der Waals surface area contributed by atoms with Gasteiger partial charge in [0.15, 0.2) is 11.5 Å². The normalized spacial score (nSPS) is 11.0. The summed E-state index contributed by atoms with van der Waals surface area (Å²) in [6, 6.07) is 5.02. The fourth-order valence-electron chi connectivity index (χ4n) is 2.19. The Morgan fingerprint density at radius 3 is 2.86 bits per heavy atom. The molecule has 8 heteroatoms. The number of nitrogen functional groups attached to an aromatic ring is 1. The van der Waals surface area contributed by atoms with Crippen LogP contribution in [0.15, 0.2) is 24.4 Å². The van der Waals surface area contributed by atoms with Crippen LogP contribution in [0.2, 0.25) is 5.02 Å². The molecule has 0 aliphatic rings. The number of aromatic nitrogens is 3. The van der Waals surface area contributed by atoms with E-state index >= 15 is 0 Å². The molecule has 0 atom stereocenters. The summed E-state index contributed by atoms with van der Waals surface area (Å²) < 4.78 is 16.0. The largest absolute Gasteiger partial charge is 0.476 e. The van der Waals surface area contributed by atoms with Crippen molar-refractivity contribution in [2.45, 2.75) is 0 Å². The second kappa shape index (κ2) is 4.96. The molecule has 22 heavy (non-hydrogen) atoms. The zero-order valence-electron chi connectivity index (χ0n) is 11.3. The first kappa shape index (κ1) is 14.3. The number of anilines is 1. The van der Waals surface area contributed by atoms with Crippen LogP contribution < -0.4 is 5.73 Å². The number of carbonyl (C=O) groups is 1. The average molecular weight is 321 g/mol. The number of benzene rings is 1. The molecule has 0 aliphatic carbocycles. The fraction of sp³-hybridized carbons (Fsp3) is 0.0714. The Hall–Kier alpha value is -2.67. The highest BCUT2D eigenvalue weighted by Gasteiger charge is 2.22. The number of carboxylic acid groups (broad SMARTS) is 1. The van der Waals surface area contributed by atoms with Crippen LogP contribution in [0.4, 0.5) is 10.1 Å². The van der Waals surface area contributed by atoms with Crippen LogP contribution in [-0.4, -0.2) is 25.8 Å². The molecule has 0 aliphatic heterocycles. The van der Waals surface area contributed by atoms with E-state index in [2.05, 4.69) is 10.1 Å². The van der Waals surface area contributed by atoms with Gasteiger partial charge >= 0.3 is 5.97 Å². The summed E-state index contributed by atoms with van der Waals surface area (Å²) in [5, 5.41) is 13.6. The summed E-state index contributed by atoms with van der Waals surface area (Å²) in [6.45, 7) is 0. The number of halogens is 2. The van der Waals surface area contributed by atoms with Crippen molar-refractivity contribution in [2.75, 3.05) is 5.73 Å². The van der Waals surface area contributed by atoms with Crippen molar-refractivity contribution >= 4 is 34.2 Å². The first-order valence-corrected chi connectivity index (χ1v) is 6.58. The van der Waals surface area contributed by atoms with Gasteiger partial charge in [-0.15, -0.1) is 0 Å². The van der Waals surface area contributed by atoms with E-state index in [4.69, 9.17) is 22.4 Å². The number of pyridine rings is 1. The third kappa shape index (κ3) is 2.06. The highest BCUT2D eigenvalue weighted by atomic mass is 35.5. The maximum atomic E-state index is 14.3. The summed E-state index contributed by atoms with van der Waals surface area (Å²) >= 11 is 5.73. The smallest absolute Gasteiger partial charge is 0.356 e. The topological polar surface area (TPSA) is 94.0 Å². The van der Waals surface area contributed by atoms with Gasteiger partial charge in [-0.25, -0.2) is 14.2 Å². The van der Waals surface area contributed by atoms with Gasteiger partial charge in [0.1, 0.15) is 5.69 Å². The lowest BCUT2D eigenvalue weighted by Gasteiger charge is -2.09. The highest BCUT2D eigenvalue weighted by molar-refractivity contribution is 6.35. The predicted octanol–water partition coefficient (Wildman–Crippen LogP) is 2.71. The standard InChI is InChI=1S/C14H10ClFN4O2/c1-20-8-4-6(2-3-7(8)5-18-20)12-10(16)11(17)9(15)13(19-12)14(21)22/h2-5H,1H3,(H2,17,19)(H,21,22). The molecule has 0 radical (unpaired) electrons. The molecule has 0 fully saturated rings. The van der Waals surface area contributed by atoms with Crippen molar-refractivity contribution < 1.29 is 14.3 Å². The number of rotatable bonds is 2. The van der Waals surface area contributed by atoms with Crippen molar-refractivity contribution in [3.05, 3.63) is 40.9 Å². The van der Waals surface area contributed by atoms with Gasteiger partial charge in [-0.05, 0) is 6.07 Å². The molecule has 3 N–H and O–H groups in total. The third-order valence-electron chi connectivity index (χ3n) is 3.34. The van der Waals surface area contributed by atoms with Gasteiger partial charge in [0.25, 0.3) is 0 Å². The molecule has 6 nitrogen and oxygen atoms in total. The van der Waals surface area contributed by atoms with E-state index in [-0.39, 0.29) is 5.69 Å². The zero-order chi connectivity index (χ0) is 16.0. The summed E-state index contributed by atoms with van der Waals surface area (Å²) in [4.78, 5) is 15.0. The van der Waals surface area contributed by atoms with E-state index < -0.39 is 28.2 Å². The van der Waals surface area contributed by atoms with Crippen LogP contribution >= 0.6 is 11.6 Å². The van der Waals surface area contributed by atoms with Crippen LogP contribution in [0.5, 0.6) is 0 Å². The van der Waals surface area contributed by atoms with Gasteiger partial charge < -0.3 is 10.8 Å². The summed E-state index contributed by atoms with van der Waals surface area (Å²) in [6.07, 6.45) is 1.67. The lowest BCUT2D eigenvalue weighted by atomic mass is 10.1. The van der Waals surface area contributed by atoms with Crippen LogP contribution in [0.1, 0.15) is 10.5 Å². The maximum absolute atomic E-state index is 14.3. The van der Waals surface area contributed by atoms with Crippen LogP contribution in [0.3, 0.4) is 0 Å². The number of fused-ring (bicyclic) bond motifs is 1. The number of nitrogens with zero attached hydrogens (tertiary/aromatic N) is 3. The third-order valence-corrected chi connectivity index (χ3v) is 3.72. The van der Waals surface area contributed by atoms with Crippen LogP contribution in [0.25, 0.3) is 22.2 Å². The minimum Gasteiger partial charge on any atom is -0.476 e. The maximum Gasteiger partial charge on any atom is 0.356 e. The van der Waals surface area contributed by atoms with Crippen LogP contribution in [-0.2, 0) is 7.05 Å². The lowest BCUT2D eigenvalue weighted by Crippen LogP contribution is -2.08. The number of nitrogens with two attached hydrogens (primary N) is 1. The first-order valence-electron chi connectivity index (χ1n) is 6.20. The molecule has 0 saturated carbocycles. The molecule has 1 aromatic carbocycles. The molecule has 0 bridgehead atoms. The van der Waals surface area contributed by atoms with Crippen molar-refractivity contribution in [3.63, 3.8) is 0 Å². The highest BCUT2D eigenvalue weighted by Crippen LogP contribution is 2.33. The van der Waals surface area contributed by atoms with Gasteiger partial charge in [-0.2, -0.15) is 5.10 Å². The Morgan fingerprint density at radius 2 is 2.18 bits per heavy atom. The van der Waals surface area contributed by atoms with E-state index in [0.717, 1.165) is 10.9 Å². The van der Waals surface area contributed by atoms with E-state index in [1.165, 1.54) is 0 Å². The molecular weight excluding hydrogens is 311 g/mol. The lowest BCUT2D eigenvalue weighted by molar-refractivity contribution is 0.0691. The molecule has 3 aromatic rings. The van der Waals surface area contributed by atoms with Crippen molar-refractivity contribution in [1.29, 1.82) is 0 Å². The van der Waals surface area contributed by atoms with Gasteiger partial charge in [0.2, 0.25) is 0 Å². The van der Waals surface area contributed by atoms with Crippen LogP contribution in [0, 0.1) is 5.82 Å². The zero-order valence-corrected chi connectivity index (χ0v) is 12.1. The number of hydrogen-bond acceptors (Lipinski definition) is 4. The van der Waals surface area contributed by atoms with Gasteiger partial charge in [0, 0.05) is 18.0 Å². The molecule has 2 aromatic heterocycles. The Labute approximate surface area is 128 Å². The number of carboxylic acids is 1. The minimum absolute atomic E-state index is 0.164. The first-order chi connectivity index (χ1) is 10.4. The number of hydrogen-bond donors (Lipinski definition) is 2. The van der Waals surface area contributed by atoms with E-state index in [0.29, 0.717) is 5.56 Å². The van der Waals surface area contributed by atoms with Crippen molar-refractivity contribution in [1.82, 2.24) is 14.8 Å². The number of aryl methyl sites for hydroxylation is 1. The molecule has 0 amide bonds.